The van der Waals surface area contributed by atoms with Crippen LogP contribution in [-0.2, 0) is 21.0 Å². The molecule has 2 heterocycles. The zero-order valence-corrected chi connectivity index (χ0v) is 16.9. The lowest BCUT2D eigenvalue weighted by Crippen LogP contribution is -2.54. The Kier molecular flexibility index (Phi) is 3.85. The van der Waals surface area contributed by atoms with E-state index in [0.29, 0.717) is 11.1 Å². The first-order valence-corrected chi connectivity index (χ1v) is 10.3. The molecule has 0 fully saturated rings. The van der Waals surface area contributed by atoms with Gasteiger partial charge in [0, 0.05) is 33.4 Å². The summed E-state index contributed by atoms with van der Waals surface area (Å²) in [6.45, 7) is 0. The fourth-order valence-electron chi connectivity index (χ4n) is 5.23. The van der Waals surface area contributed by atoms with Crippen LogP contribution in [0.2, 0.25) is 0 Å². The third-order valence-corrected chi connectivity index (χ3v) is 6.52. The predicted molar refractivity (Wildman–Crippen MR) is 117 cm³/mol. The van der Waals surface area contributed by atoms with Gasteiger partial charge in [-0.3, -0.25) is 0 Å². The molecule has 3 aliphatic rings. The molecule has 4 aromatic carbocycles. The molecule has 4 nitrogen and oxygen atoms in total. The van der Waals surface area contributed by atoms with Gasteiger partial charge < -0.3 is 0 Å². The number of benzene rings is 4. The highest BCUT2D eigenvalue weighted by Crippen LogP contribution is 2.61. The van der Waals surface area contributed by atoms with Crippen LogP contribution in [0.25, 0.3) is 0 Å². The van der Waals surface area contributed by atoms with Gasteiger partial charge in [0.15, 0.2) is 11.2 Å². The van der Waals surface area contributed by atoms with Gasteiger partial charge >= 0.3 is 0 Å². The lowest BCUT2D eigenvalue weighted by molar-refractivity contribution is -0.410. The fraction of sp³-hybridized carbons (Fsp3) is 0.0714. The molecule has 1 aliphatic carbocycles. The molecule has 4 aromatic rings. The zero-order valence-electron chi connectivity index (χ0n) is 16.9. The van der Waals surface area contributed by atoms with E-state index in [9.17, 15) is 10.5 Å². The van der Waals surface area contributed by atoms with Crippen LogP contribution in [-0.4, -0.2) is 0 Å². The molecular formula is C28H16N2O2. The summed E-state index contributed by atoms with van der Waals surface area (Å²) in [6.07, 6.45) is 0. The van der Waals surface area contributed by atoms with Crippen LogP contribution in [0.15, 0.2) is 97.1 Å². The predicted octanol–water partition coefficient (Wildman–Crippen LogP) is 5.29. The lowest BCUT2D eigenvalue weighted by atomic mass is 9.61. The van der Waals surface area contributed by atoms with E-state index in [0.717, 1.165) is 33.4 Å². The molecule has 0 amide bonds. The molecule has 0 saturated carbocycles. The standard InChI is InChI=1S/C28H16N2O2/c29-17-19-9-1-3-11-21(19)27-23-13-5-7-15-25(23)28(32-31-27,26-16-8-6-14-24(26)27)22-12-4-2-10-20(22)18-30/h1-16H. The van der Waals surface area contributed by atoms with Crippen molar-refractivity contribution in [2.45, 2.75) is 11.2 Å². The van der Waals surface area contributed by atoms with E-state index in [-0.39, 0.29) is 0 Å². The van der Waals surface area contributed by atoms with Crippen LogP contribution >= 0.6 is 0 Å². The maximum Gasteiger partial charge on any atom is 0.181 e. The molecule has 0 N–H and O–H groups in total. The highest BCUT2D eigenvalue weighted by Gasteiger charge is 2.61. The van der Waals surface area contributed by atoms with Gasteiger partial charge in [-0.1, -0.05) is 84.9 Å². The van der Waals surface area contributed by atoms with Crippen molar-refractivity contribution >= 4 is 0 Å². The zero-order chi connectivity index (χ0) is 21.8. The van der Waals surface area contributed by atoms with Crippen LogP contribution in [0.4, 0.5) is 0 Å². The summed E-state index contributed by atoms with van der Waals surface area (Å²) < 4.78 is 0. The van der Waals surface area contributed by atoms with Gasteiger partial charge in [0.1, 0.15) is 0 Å². The highest BCUT2D eigenvalue weighted by molar-refractivity contribution is 5.69. The van der Waals surface area contributed by atoms with E-state index in [4.69, 9.17) is 9.78 Å². The summed E-state index contributed by atoms with van der Waals surface area (Å²) in [5.74, 6) is 0. The van der Waals surface area contributed by atoms with Crippen LogP contribution in [0.1, 0.15) is 44.5 Å². The Bertz CT molecular complexity index is 1320. The molecule has 0 saturated heterocycles. The van der Waals surface area contributed by atoms with E-state index >= 15 is 0 Å². The van der Waals surface area contributed by atoms with E-state index in [2.05, 4.69) is 12.1 Å². The first-order valence-electron chi connectivity index (χ1n) is 10.3. The first kappa shape index (κ1) is 18.5. The van der Waals surface area contributed by atoms with E-state index < -0.39 is 11.2 Å². The number of hydrogen-bond acceptors (Lipinski definition) is 4. The molecule has 2 bridgehead atoms. The summed E-state index contributed by atoms with van der Waals surface area (Å²) in [5, 5.41) is 19.8. The maximum absolute atomic E-state index is 9.88. The Balaban J connectivity index is 1.79. The summed E-state index contributed by atoms with van der Waals surface area (Å²) >= 11 is 0. The Morgan fingerprint density at radius 1 is 0.438 bits per heavy atom. The van der Waals surface area contributed by atoms with E-state index in [1.54, 1.807) is 12.1 Å². The van der Waals surface area contributed by atoms with Crippen LogP contribution in [0, 0.1) is 22.7 Å². The van der Waals surface area contributed by atoms with Crippen LogP contribution < -0.4 is 0 Å². The lowest BCUT2D eigenvalue weighted by Gasteiger charge is -2.53. The number of hydrogen-bond donors (Lipinski definition) is 0. The van der Waals surface area contributed by atoms with Gasteiger partial charge in [-0.25, -0.2) is 9.78 Å². The molecule has 150 valence electrons. The third-order valence-electron chi connectivity index (χ3n) is 6.52. The highest BCUT2D eigenvalue weighted by atomic mass is 17.2. The molecular weight excluding hydrogens is 396 g/mol. The minimum atomic E-state index is -1.09. The summed E-state index contributed by atoms with van der Waals surface area (Å²) in [7, 11) is 0. The molecule has 0 atom stereocenters. The summed E-state index contributed by atoms with van der Waals surface area (Å²) in [5.41, 5.74) is 3.92. The minimum absolute atomic E-state index is 0.521. The van der Waals surface area contributed by atoms with Crippen molar-refractivity contribution in [1.29, 1.82) is 10.5 Å². The van der Waals surface area contributed by atoms with Crippen molar-refractivity contribution in [3.8, 4) is 12.1 Å². The van der Waals surface area contributed by atoms with Crippen molar-refractivity contribution in [2.75, 3.05) is 0 Å². The SMILES string of the molecule is N#Cc1ccccc1C12OOC(c3ccccc3C#N)(c3ccccc31)c1ccccc12. The maximum atomic E-state index is 9.88. The molecule has 4 heteroatoms. The molecule has 0 aromatic heterocycles. The Labute approximate surface area is 185 Å². The Hall–Kier alpha value is -4.22. The summed E-state index contributed by atoms with van der Waals surface area (Å²) in [6, 6.07) is 35.5. The van der Waals surface area contributed by atoms with Crippen molar-refractivity contribution in [3.63, 3.8) is 0 Å². The van der Waals surface area contributed by atoms with Crippen LogP contribution in [0.5, 0.6) is 0 Å². The normalized spacial score (nSPS) is 22.3. The number of nitrogens with zero attached hydrogens (tertiary/aromatic N) is 2. The van der Waals surface area contributed by atoms with E-state index in [1.807, 2.05) is 84.9 Å². The molecule has 0 unspecified atom stereocenters. The average molecular weight is 412 g/mol. The van der Waals surface area contributed by atoms with Gasteiger partial charge in [-0.15, -0.1) is 0 Å². The van der Waals surface area contributed by atoms with Crippen molar-refractivity contribution in [1.82, 2.24) is 0 Å². The summed E-state index contributed by atoms with van der Waals surface area (Å²) in [4.78, 5) is 12.7. The van der Waals surface area contributed by atoms with Gasteiger partial charge in [0.2, 0.25) is 0 Å². The average Bonchev–Trinajstić information content (AvgIpc) is 2.89. The topological polar surface area (TPSA) is 66.0 Å². The largest absolute Gasteiger partial charge is 0.214 e. The Morgan fingerprint density at radius 2 is 0.719 bits per heavy atom. The van der Waals surface area contributed by atoms with Gasteiger partial charge in [0.25, 0.3) is 0 Å². The smallest absolute Gasteiger partial charge is 0.181 e. The van der Waals surface area contributed by atoms with Crippen molar-refractivity contribution in [3.05, 3.63) is 142 Å². The molecule has 0 radical (unpaired) electrons. The fourth-order valence-corrected chi connectivity index (χ4v) is 5.23. The minimum Gasteiger partial charge on any atom is -0.214 e. The molecule has 7 rings (SSSR count). The monoisotopic (exact) mass is 412 g/mol. The van der Waals surface area contributed by atoms with Crippen LogP contribution in [0.3, 0.4) is 0 Å². The number of nitriles is 2. The number of fused-ring (bicyclic) bond motifs is 1. The molecule has 2 aliphatic heterocycles. The second-order valence-electron chi connectivity index (χ2n) is 7.93. The first-order chi connectivity index (χ1) is 15.8. The molecule has 32 heavy (non-hydrogen) atoms. The molecule has 0 spiro atoms. The van der Waals surface area contributed by atoms with E-state index in [1.165, 1.54) is 0 Å². The third kappa shape index (κ3) is 2.10. The second-order valence-corrected chi connectivity index (χ2v) is 7.93. The van der Waals surface area contributed by atoms with Crippen molar-refractivity contribution < 1.29 is 9.78 Å². The quantitative estimate of drug-likeness (QED) is 0.420. The Morgan fingerprint density at radius 3 is 1.03 bits per heavy atom. The van der Waals surface area contributed by atoms with Crippen molar-refractivity contribution in [2.24, 2.45) is 0 Å². The van der Waals surface area contributed by atoms with Gasteiger partial charge in [-0.2, -0.15) is 10.5 Å². The van der Waals surface area contributed by atoms with Gasteiger partial charge in [-0.05, 0) is 12.1 Å². The van der Waals surface area contributed by atoms with Gasteiger partial charge in [0.05, 0.1) is 23.3 Å². The second kappa shape index (κ2) is 6.64. The number of rotatable bonds is 2.